The van der Waals surface area contributed by atoms with Crippen LogP contribution in [0.2, 0.25) is 0 Å². The molecule has 3 aromatic heterocycles. The van der Waals surface area contributed by atoms with E-state index in [1.807, 2.05) is 11.3 Å². The van der Waals surface area contributed by atoms with Crippen LogP contribution in [0.15, 0.2) is 29.9 Å². The fraction of sp³-hybridized carbons (Fsp3) is 0.412. The molecule has 126 valence electrons. The van der Waals surface area contributed by atoms with Crippen molar-refractivity contribution in [1.29, 1.82) is 0 Å². The lowest BCUT2D eigenvalue weighted by Gasteiger charge is -2.34. The molecular formula is C17H20N4OS2. The molecule has 0 bridgehead atoms. The van der Waals surface area contributed by atoms with Gasteiger partial charge in [-0.05, 0) is 24.4 Å². The lowest BCUT2D eigenvalue weighted by atomic mass is 10.2. The number of rotatable bonds is 5. The van der Waals surface area contributed by atoms with Crippen molar-refractivity contribution >= 4 is 38.7 Å². The molecular weight excluding hydrogens is 340 g/mol. The highest BCUT2D eigenvalue weighted by atomic mass is 32.1. The molecule has 1 fully saturated rings. The summed E-state index contributed by atoms with van der Waals surface area (Å²) in [7, 11) is 0. The molecule has 0 amide bonds. The average Bonchev–Trinajstić information content (AvgIpc) is 3.25. The highest BCUT2D eigenvalue weighted by Crippen LogP contribution is 2.30. The second kappa shape index (κ2) is 7.14. The molecule has 1 N–H and O–H groups in total. The molecule has 24 heavy (non-hydrogen) atoms. The van der Waals surface area contributed by atoms with Crippen molar-refractivity contribution in [2.24, 2.45) is 0 Å². The van der Waals surface area contributed by atoms with E-state index in [2.05, 4.69) is 50.7 Å². The number of morpholine rings is 1. The van der Waals surface area contributed by atoms with Crippen LogP contribution in [0, 0.1) is 6.92 Å². The Balaban J connectivity index is 1.56. The molecule has 3 aromatic rings. The minimum atomic E-state index is 0.346. The van der Waals surface area contributed by atoms with Crippen LogP contribution in [-0.4, -0.2) is 47.7 Å². The lowest BCUT2D eigenvalue weighted by Crippen LogP contribution is -2.41. The van der Waals surface area contributed by atoms with Crippen molar-refractivity contribution in [3.8, 4) is 0 Å². The third kappa shape index (κ3) is 3.30. The fourth-order valence-corrected chi connectivity index (χ4v) is 4.80. The van der Waals surface area contributed by atoms with Crippen molar-refractivity contribution < 1.29 is 4.74 Å². The van der Waals surface area contributed by atoms with E-state index in [0.717, 1.165) is 48.9 Å². The molecule has 7 heteroatoms. The summed E-state index contributed by atoms with van der Waals surface area (Å²) in [5, 5.41) is 6.83. The number of fused-ring (bicyclic) bond motifs is 1. The van der Waals surface area contributed by atoms with Gasteiger partial charge in [-0.25, -0.2) is 9.97 Å². The van der Waals surface area contributed by atoms with Gasteiger partial charge >= 0.3 is 0 Å². The van der Waals surface area contributed by atoms with E-state index in [1.54, 1.807) is 17.7 Å². The number of hydrogen-bond donors (Lipinski definition) is 1. The van der Waals surface area contributed by atoms with Crippen LogP contribution in [0.3, 0.4) is 0 Å². The van der Waals surface area contributed by atoms with E-state index in [0.29, 0.717) is 6.04 Å². The first-order chi connectivity index (χ1) is 11.8. The second-order valence-electron chi connectivity index (χ2n) is 5.86. The van der Waals surface area contributed by atoms with E-state index in [4.69, 9.17) is 4.74 Å². The van der Waals surface area contributed by atoms with Gasteiger partial charge in [-0.3, -0.25) is 4.90 Å². The SMILES string of the molecule is Cc1cc2c(NCC(c3cccs3)N3CCOCC3)ncnc2s1. The van der Waals surface area contributed by atoms with E-state index in [9.17, 15) is 0 Å². The van der Waals surface area contributed by atoms with E-state index in [-0.39, 0.29) is 0 Å². The average molecular weight is 361 g/mol. The number of ether oxygens (including phenoxy) is 1. The fourth-order valence-electron chi connectivity index (χ4n) is 3.09. The van der Waals surface area contributed by atoms with E-state index in [1.165, 1.54) is 9.75 Å². The molecule has 4 heterocycles. The van der Waals surface area contributed by atoms with Crippen molar-refractivity contribution in [2.75, 3.05) is 38.2 Å². The van der Waals surface area contributed by atoms with Gasteiger partial charge < -0.3 is 10.1 Å². The topological polar surface area (TPSA) is 50.3 Å². The van der Waals surface area contributed by atoms with Crippen molar-refractivity contribution in [3.63, 3.8) is 0 Å². The van der Waals surface area contributed by atoms with Crippen molar-refractivity contribution in [2.45, 2.75) is 13.0 Å². The third-order valence-corrected chi connectivity index (χ3v) is 6.21. The Labute approximate surface area is 149 Å². The minimum Gasteiger partial charge on any atom is -0.379 e. The number of aromatic nitrogens is 2. The molecule has 5 nitrogen and oxygen atoms in total. The highest BCUT2D eigenvalue weighted by Gasteiger charge is 2.23. The lowest BCUT2D eigenvalue weighted by molar-refractivity contribution is 0.0194. The number of nitrogens with one attached hydrogen (secondary N) is 1. The molecule has 0 spiro atoms. The van der Waals surface area contributed by atoms with Gasteiger partial charge in [0.2, 0.25) is 0 Å². The molecule has 1 unspecified atom stereocenters. The Kier molecular flexibility index (Phi) is 4.75. The first-order valence-corrected chi connectivity index (χ1v) is 9.81. The summed E-state index contributed by atoms with van der Waals surface area (Å²) in [6.07, 6.45) is 1.65. The first-order valence-electron chi connectivity index (χ1n) is 8.11. The van der Waals surface area contributed by atoms with Gasteiger partial charge in [-0.1, -0.05) is 6.07 Å². The Bertz CT molecular complexity index is 796. The summed E-state index contributed by atoms with van der Waals surface area (Å²) in [5.74, 6) is 0.930. The van der Waals surface area contributed by atoms with Crippen LogP contribution >= 0.6 is 22.7 Å². The monoisotopic (exact) mass is 360 g/mol. The van der Waals surface area contributed by atoms with Crippen LogP contribution in [0.25, 0.3) is 10.2 Å². The van der Waals surface area contributed by atoms with Crippen LogP contribution in [0.4, 0.5) is 5.82 Å². The molecule has 1 aliphatic heterocycles. The maximum atomic E-state index is 5.51. The number of aryl methyl sites for hydroxylation is 1. The first kappa shape index (κ1) is 16.0. The summed E-state index contributed by atoms with van der Waals surface area (Å²) in [6, 6.07) is 6.85. The summed E-state index contributed by atoms with van der Waals surface area (Å²) in [4.78, 5) is 15.0. The zero-order chi connectivity index (χ0) is 16.4. The molecule has 1 atom stereocenters. The smallest absolute Gasteiger partial charge is 0.138 e. The quantitative estimate of drug-likeness (QED) is 0.754. The molecule has 0 radical (unpaired) electrons. The Morgan fingerprint density at radius 2 is 2.21 bits per heavy atom. The van der Waals surface area contributed by atoms with Gasteiger partial charge in [-0.15, -0.1) is 22.7 Å². The van der Waals surface area contributed by atoms with Crippen LogP contribution in [-0.2, 0) is 4.74 Å². The number of nitrogens with zero attached hydrogens (tertiary/aromatic N) is 3. The zero-order valence-corrected chi connectivity index (χ0v) is 15.2. The molecule has 1 saturated heterocycles. The van der Waals surface area contributed by atoms with Gasteiger partial charge in [0.25, 0.3) is 0 Å². The standard InChI is InChI=1S/C17H20N4OS2/c1-12-9-13-16(19-11-20-17(13)24-12)18-10-14(15-3-2-8-23-15)21-4-6-22-7-5-21/h2-3,8-9,11,14H,4-7,10H2,1H3,(H,18,19,20). The molecule has 0 aromatic carbocycles. The predicted molar refractivity (Wildman–Crippen MR) is 100 cm³/mol. The Morgan fingerprint density at radius 3 is 3.00 bits per heavy atom. The van der Waals surface area contributed by atoms with Gasteiger partial charge in [0, 0.05) is 29.4 Å². The normalized spacial score (nSPS) is 17.2. The number of hydrogen-bond acceptors (Lipinski definition) is 7. The maximum Gasteiger partial charge on any atom is 0.138 e. The summed E-state index contributed by atoms with van der Waals surface area (Å²) in [5.41, 5.74) is 0. The van der Waals surface area contributed by atoms with Crippen molar-refractivity contribution in [1.82, 2.24) is 14.9 Å². The Morgan fingerprint density at radius 1 is 1.33 bits per heavy atom. The van der Waals surface area contributed by atoms with Gasteiger partial charge in [-0.2, -0.15) is 0 Å². The van der Waals surface area contributed by atoms with E-state index < -0.39 is 0 Å². The highest BCUT2D eigenvalue weighted by molar-refractivity contribution is 7.18. The number of anilines is 1. The molecule has 0 aliphatic carbocycles. The maximum absolute atomic E-state index is 5.51. The Hall–Kier alpha value is -1.54. The van der Waals surface area contributed by atoms with Crippen LogP contribution in [0.5, 0.6) is 0 Å². The summed E-state index contributed by atoms with van der Waals surface area (Å²) in [6.45, 7) is 6.51. The van der Waals surface area contributed by atoms with Crippen molar-refractivity contribution in [3.05, 3.63) is 39.7 Å². The predicted octanol–water partition coefficient (Wildman–Crippen LogP) is 3.55. The third-order valence-electron chi connectivity index (χ3n) is 4.27. The van der Waals surface area contributed by atoms with Gasteiger partial charge in [0.05, 0.1) is 24.6 Å². The molecule has 1 aliphatic rings. The van der Waals surface area contributed by atoms with Crippen LogP contribution < -0.4 is 5.32 Å². The summed E-state index contributed by atoms with van der Waals surface area (Å²) < 4.78 is 5.51. The molecule has 4 rings (SSSR count). The minimum absolute atomic E-state index is 0.346. The van der Waals surface area contributed by atoms with Crippen LogP contribution in [0.1, 0.15) is 15.8 Å². The number of thiophene rings is 2. The van der Waals surface area contributed by atoms with Gasteiger partial charge in [0.15, 0.2) is 0 Å². The zero-order valence-electron chi connectivity index (χ0n) is 13.6. The van der Waals surface area contributed by atoms with Gasteiger partial charge in [0.1, 0.15) is 17.0 Å². The summed E-state index contributed by atoms with van der Waals surface area (Å²) >= 11 is 3.52. The van der Waals surface area contributed by atoms with E-state index >= 15 is 0 Å². The second-order valence-corrected chi connectivity index (χ2v) is 8.07. The largest absolute Gasteiger partial charge is 0.379 e. The molecule has 0 saturated carbocycles.